The Kier molecular flexibility index (Phi) is 6.13. The second kappa shape index (κ2) is 8.99. The van der Waals surface area contributed by atoms with Gasteiger partial charge in [-0.1, -0.05) is 23.2 Å². The van der Waals surface area contributed by atoms with Gasteiger partial charge in [0.15, 0.2) is 16.5 Å². The number of amides is 2. The number of halogens is 2. The van der Waals surface area contributed by atoms with Crippen molar-refractivity contribution >= 4 is 75.1 Å². The van der Waals surface area contributed by atoms with Gasteiger partial charge in [-0.3, -0.25) is 20.2 Å². The molecule has 2 amide bonds. The highest BCUT2D eigenvalue weighted by Crippen LogP contribution is 2.31. The molecule has 0 spiro atoms. The van der Waals surface area contributed by atoms with Crippen LogP contribution in [0.15, 0.2) is 57.4 Å². The number of oxazole rings is 1. The van der Waals surface area contributed by atoms with Gasteiger partial charge >= 0.3 is 6.01 Å². The van der Waals surface area contributed by atoms with Gasteiger partial charge in [0.2, 0.25) is 5.91 Å². The van der Waals surface area contributed by atoms with Gasteiger partial charge in [-0.05, 0) is 54.7 Å². The minimum Gasteiger partial charge on any atom is -0.451 e. The van der Waals surface area contributed by atoms with Gasteiger partial charge in [-0.25, -0.2) is 0 Å². The van der Waals surface area contributed by atoms with Crippen LogP contribution in [0, 0.1) is 0 Å². The van der Waals surface area contributed by atoms with E-state index in [0.29, 0.717) is 38.2 Å². The number of rotatable bonds is 4. The van der Waals surface area contributed by atoms with Gasteiger partial charge in [0.1, 0.15) is 11.3 Å². The van der Waals surface area contributed by atoms with Crippen LogP contribution in [0.5, 0.6) is 0 Å². The molecule has 3 N–H and O–H groups in total. The topological polar surface area (TPSA) is 109 Å². The minimum absolute atomic E-state index is 0.0257. The molecular weight excluding hydrogens is 475 g/mol. The highest BCUT2D eigenvalue weighted by atomic mass is 35.5. The first-order chi connectivity index (χ1) is 15.3. The Morgan fingerprint density at radius 2 is 1.81 bits per heavy atom. The number of benzene rings is 2. The molecule has 0 saturated carbocycles. The van der Waals surface area contributed by atoms with Crippen molar-refractivity contribution in [2.24, 2.45) is 0 Å². The molecule has 32 heavy (non-hydrogen) atoms. The second-order valence-corrected chi connectivity index (χ2v) is 7.83. The molecular formula is C21H14Cl2N4O4S. The fourth-order valence-electron chi connectivity index (χ4n) is 2.84. The molecule has 162 valence electrons. The SMILES string of the molecule is CC(=O)Nc1ccc2nc(NC(=S)NC(=O)c3ccc(-c4cc(Cl)ccc4Cl)o3)oc2c1. The number of thiocarbonyl (C=S) groups is 1. The second-order valence-electron chi connectivity index (χ2n) is 6.58. The average molecular weight is 489 g/mol. The fraction of sp³-hybridized carbons (Fsp3) is 0.0476. The number of carbonyl (C=O) groups excluding carboxylic acids is 2. The lowest BCUT2D eigenvalue weighted by molar-refractivity contribution is -0.114. The summed E-state index contributed by atoms with van der Waals surface area (Å²) < 4.78 is 11.2. The van der Waals surface area contributed by atoms with Gasteiger partial charge < -0.3 is 14.2 Å². The number of hydrogen-bond acceptors (Lipinski definition) is 6. The third-order valence-corrected chi connectivity index (χ3v) is 4.95. The first-order valence-corrected chi connectivity index (χ1v) is 10.3. The van der Waals surface area contributed by atoms with Crippen molar-refractivity contribution in [2.45, 2.75) is 6.92 Å². The summed E-state index contributed by atoms with van der Waals surface area (Å²) in [6, 6.07) is 13.1. The maximum atomic E-state index is 12.5. The van der Waals surface area contributed by atoms with Gasteiger partial charge in [-0.15, -0.1) is 0 Å². The quantitative estimate of drug-likeness (QED) is 0.326. The van der Waals surface area contributed by atoms with E-state index in [1.807, 2.05) is 0 Å². The van der Waals surface area contributed by atoms with Crippen LogP contribution in [-0.2, 0) is 4.79 Å². The van der Waals surface area contributed by atoms with Gasteiger partial charge in [-0.2, -0.15) is 4.98 Å². The van der Waals surface area contributed by atoms with Crippen molar-refractivity contribution in [1.82, 2.24) is 10.3 Å². The largest absolute Gasteiger partial charge is 0.451 e. The molecule has 11 heteroatoms. The fourth-order valence-corrected chi connectivity index (χ4v) is 3.41. The molecule has 0 bridgehead atoms. The van der Waals surface area contributed by atoms with Crippen LogP contribution in [-0.4, -0.2) is 21.9 Å². The monoisotopic (exact) mass is 488 g/mol. The highest BCUT2D eigenvalue weighted by molar-refractivity contribution is 7.80. The lowest BCUT2D eigenvalue weighted by Crippen LogP contribution is -2.33. The average Bonchev–Trinajstić information content (AvgIpc) is 3.35. The molecule has 2 aromatic heterocycles. The van der Waals surface area contributed by atoms with Crippen LogP contribution < -0.4 is 16.0 Å². The molecule has 0 atom stereocenters. The summed E-state index contributed by atoms with van der Waals surface area (Å²) in [6.45, 7) is 1.41. The van der Waals surface area contributed by atoms with Crippen LogP contribution in [0.3, 0.4) is 0 Å². The summed E-state index contributed by atoms with van der Waals surface area (Å²) in [6.07, 6.45) is 0. The summed E-state index contributed by atoms with van der Waals surface area (Å²) >= 11 is 17.3. The molecule has 4 aromatic rings. The molecule has 0 fully saturated rings. The maximum absolute atomic E-state index is 12.5. The normalized spacial score (nSPS) is 10.7. The predicted molar refractivity (Wildman–Crippen MR) is 126 cm³/mol. The molecule has 8 nitrogen and oxygen atoms in total. The maximum Gasteiger partial charge on any atom is 0.302 e. The Morgan fingerprint density at radius 3 is 2.59 bits per heavy atom. The van der Waals surface area contributed by atoms with Crippen molar-refractivity contribution < 1.29 is 18.4 Å². The Balaban J connectivity index is 1.43. The predicted octanol–water partition coefficient (Wildman–Crippen LogP) is 5.48. The number of fused-ring (bicyclic) bond motifs is 1. The molecule has 4 rings (SSSR count). The van der Waals surface area contributed by atoms with E-state index in [1.54, 1.807) is 42.5 Å². The van der Waals surface area contributed by atoms with Crippen LogP contribution in [0.25, 0.3) is 22.4 Å². The molecule has 2 heterocycles. The zero-order valence-electron chi connectivity index (χ0n) is 16.4. The van der Waals surface area contributed by atoms with Crippen LogP contribution in [0.1, 0.15) is 17.5 Å². The first-order valence-electron chi connectivity index (χ1n) is 9.14. The Labute approximate surface area is 196 Å². The standard InChI is InChI=1S/C21H14Cl2N4O4S/c1-10(28)24-12-3-5-15-18(9-12)31-20(25-15)27-21(32)26-19(29)17-7-6-16(30-17)13-8-11(22)2-4-14(13)23/h2-9H,1H3,(H,24,28)(H2,25,26,27,29,32). The van der Waals surface area contributed by atoms with E-state index < -0.39 is 5.91 Å². The number of carbonyl (C=O) groups is 2. The number of anilines is 2. The third-order valence-electron chi connectivity index (χ3n) is 4.18. The van der Waals surface area contributed by atoms with E-state index in [2.05, 4.69) is 20.9 Å². The lowest BCUT2D eigenvalue weighted by Gasteiger charge is -2.05. The van der Waals surface area contributed by atoms with Gasteiger partial charge in [0.25, 0.3) is 5.91 Å². The van der Waals surface area contributed by atoms with Crippen molar-refractivity contribution in [3.63, 3.8) is 0 Å². The number of hydrogen-bond donors (Lipinski definition) is 3. The highest BCUT2D eigenvalue weighted by Gasteiger charge is 2.16. The van der Waals surface area contributed by atoms with E-state index in [4.69, 9.17) is 44.3 Å². The Hall–Kier alpha value is -3.40. The van der Waals surface area contributed by atoms with E-state index in [1.165, 1.54) is 13.0 Å². The number of nitrogens with one attached hydrogen (secondary N) is 3. The Bertz CT molecular complexity index is 1370. The number of aromatic nitrogens is 1. The van der Waals surface area contributed by atoms with Crippen LogP contribution in [0.2, 0.25) is 10.0 Å². The molecule has 0 saturated heterocycles. The van der Waals surface area contributed by atoms with E-state index in [9.17, 15) is 9.59 Å². The number of nitrogens with zero attached hydrogens (tertiary/aromatic N) is 1. The first kappa shape index (κ1) is 21.8. The number of furan rings is 1. The summed E-state index contributed by atoms with van der Waals surface area (Å²) in [5, 5.41) is 8.73. The minimum atomic E-state index is -0.573. The van der Waals surface area contributed by atoms with E-state index in [-0.39, 0.29) is 22.8 Å². The van der Waals surface area contributed by atoms with Crippen molar-refractivity contribution in [3.8, 4) is 11.3 Å². The summed E-state index contributed by atoms with van der Waals surface area (Å²) in [4.78, 5) is 27.9. The van der Waals surface area contributed by atoms with Crippen LogP contribution in [0.4, 0.5) is 11.7 Å². The Morgan fingerprint density at radius 1 is 1.00 bits per heavy atom. The summed E-state index contributed by atoms with van der Waals surface area (Å²) in [7, 11) is 0. The van der Waals surface area contributed by atoms with E-state index >= 15 is 0 Å². The molecule has 0 aliphatic carbocycles. The lowest BCUT2D eigenvalue weighted by atomic mass is 10.2. The van der Waals surface area contributed by atoms with E-state index in [0.717, 1.165) is 0 Å². The van der Waals surface area contributed by atoms with Crippen molar-refractivity contribution in [3.05, 3.63) is 64.3 Å². The third kappa shape index (κ3) is 4.91. The zero-order chi connectivity index (χ0) is 22.8. The molecule has 0 unspecified atom stereocenters. The molecule has 0 radical (unpaired) electrons. The molecule has 0 aliphatic heterocycles. The zero-order valence-corrected chi connectivity index (χ0v) is 18.7. The van der Waals surface area contributed by atoms with Gasteiger partial charge in [0, 0.05) is 29.3 Å². The smallest absolute Gasteiger partial charge is 0.302 e. The van der Waals surface area contributed by atoms with Crippen molar-refractivity contribution in [1.29, 1.82) is 0 Å². The summed E-state index contributed by atoms with van der Waals surface area (Å²) in [5.74, 6) is -0.367. The van der Waals surface area contributed by atoms with Crippen molar-refractivity contribution in [2.75, 3.05) is 10.6 Å². The molecule has 0 aliphatic rings. The van der Waals surface area contributed by atoms with Crippen LogP contribution >= 0.6 is 35.4 Å². The summed E-state index contributed by atoms with van der Waals surface area (Å²) in [5.41, 5.74) is 2.10. The van der Waals surface area contributed by atoms with Gasteiger partial charge in [0.05, 0.1) is 5.02 Å². The molecule has 2 aromatic carbocycles.